The highest BCUT2D eigenvalue weighted by molar-refractivity contribution is 6.07. The summed E-state index contributed by atoms with van der Waals surface area (Å²) < 4.78 is 6.86. The second-order valence-electron chi connectivity index (χ2n) is 8.54. The number of fused-ring (bicyclic) bond motifs is 1. The van der Waals surface area contributed by atoms with E-state index < -0.39 is 5.91 Å². The zero-order chi connectivity index (χ0) is 24.1. The molecule has 9 nitrogen and oxygen atoms in total. The minimum atomic E-state index is -0.392. The minimum absolute atomic E-state index is 0.0980. The Morgan fingerprint density at radius 3 is 2.74 bits per heavy atom. The van der Waals surface area contributed by atoms with Crippen molar-refractivity contribution < 1.29 is 19.1 Å². The number of aryl methyl sites for hydroxylation is 2. The Morgan fingerprint density at radius 1 is 1.21 bits per heavy atom. The maximum atomic E-state index is 13.7. The number of carbonyl (C=O) groups excluding carboxylic acids is 3. The number of nitrogens with zero attached hydrogens (tertiary/aromatic N) is 3. The first-order valence-corrected chi connectivity index (χ1v) is 11.4. The van der Waals surface area contributed by atoms with E-state index in [1.54, 1.807) is 23.4 Å². The number of methoxy groups -OCH3 is 1. The van der Waals surface area contributed by atoms with Crippen molar-refractivity contribution in [3.63, 3.8) is 0 Å². The molecule has 0 unspecified atom stereocenters. The Morgan fingerprint density at radius 2 is 2.00 bits per heavy atom. The number of anilines is 1. The first-order chi connectivity index (χ1) is 16.5. The molecular weight excluding hydrogens is 434 g/mol. The van der Waals surface area contributed by atoms with Crippen molar-refractivity contribution >= 4 is 34.4 Å². The minimum Gasteiger partial charge on any atom is -0.375 e. The van der Waals surface area contributed by atoms with Crippen molar-refractivity contribution in [3.8, 4) is 0 Å². The van der Waals surface area contributed by atoms with E-state index in [9.17, 15) is 14.4 Å². The summed E-state index contributed by atoms with van der Waals surface area (Å²) in [7, 11) is 1.44. The van der Waals surface area contributed by atoms with Crippen LogP contribution < -0.4 is 11.1 Å². The monoisotopic (exact) mass is 463 g/mol. The van der Waals surface area contributed by atoms with E-state index >= 15 is 0 Å². The van der Waals surface area contributed by atoms with Crippen LogP contribution >= 0.6 is 0 Å². The molecule has 3 N–H and O–H groups in total. The van der Waals surface area contributed by atoms with Gasteiger partial charge in [-0.2, -0.15) is 0 Å². The predicted molar refractivity (Wildman–Crippen MR) is 128 cm³/mol. The summed E-state index contributed by atoms with van der Waals surface area (Å²) >= 11 is 0. The van der Waals surface area contributed by atoms with Crippen LogP contribution in [0, 0.1) is 5.92 Å². The molecule has 1 saturated heterocycles. The molecule has 1 atom stereocenters. The molecule has 1 aromatic heterocycles. The lowest BCUT2D eigenvalue weighted by atomic mass is 9.96. The molecular formula is C25H29N5O4. The summed E-state index contributed by atoms with van der Waals surface area (Å²) in [5.74, 6) is -1.28. The number of likely N-dealkylation sites (tertiary alicyclic amines) is 1. The second-order valence-corrected chi connectivity index (χ2v) is 8.54. The lowest BCUT2D eigenvalue weighted by molar-refractivity contribution is -0.123. The van der Waals surface area contributed by atoms with Crippen LogP contribution in [0.1, 0.15) is 28.8 Å². The van der Waals surface area contributed by atoms with Gasteiger partial charge in [0.25, 0.3) is 5.91 Å². The Bertz CT molecular complexity index is 1190. The summed E-state index contributed by atoms with van der Waals surface area (Å²) in [5.41, 5.74) is 8.91. The van der Waals surface area contributed by atoms with Crippen LogP contribution in [0.2, 0.25) is 0 Å². The van der Waals surface area contributed by atoms with Crippen molar-refractivity contribution in [2.45, 2.75) is 25.8 Å². The fraction of sp³-hybridized carbons (Fsp3) is 0.360. The first-order valence-electron chi connectivity index (χ1n) is 11.4. The van der Waals surface area contributed by atoms with Crippen LogP contribution in [-0.4, -0.2) is 59.0 Å². The lowest BCUT2D eigenvalue weighted by Gasteiger charge is -2.31. The molecule has 3 aromatic rings. The van der Waals surface area contributed by atoms with E-state index in [4.69, 9.17) is 10.5 Å². The van der Waals surface area contributed by atoms with E-state index in [2.05, 4.69) is 22.4 Å². The van der Waals surface area contributed by atoms with Gasteiger partial charge in [0.2, 0.25) is 11.8 Å². The molecule has 1 aliphatic heterocycles. The van der Waals surface area contributed by atoms with Crippen molar-refractivity contribution in [1.29, 1.82) is 0 Å². The summed E-state index contributed by atoms with van der Waals surface area (Å²) in [4.78, 5) is 43.7. The average molecular weight is 464 g/mol. The third kappa shape index (κ3) is 5.26. The van der Waals surface area contributed by atoms with Gasteiger partial charge in [-0.25, -0.2) is 4.98 Å². The highest BCUT2D eigenvalue weighted by atomic mass is 16.5. The van der Waals surface area contributed by atoms with E-state index in [1.807, 2.05) is 22.8 Å². The number of hydrogen-bond donors (Lipinski definition) is 2. The van der Waals surface area contributed by atoms with Crippen LogP contribution in [0.3, 0.4) is 0 Å². The van der Waals surface area contributed by atoms with Crippen LogP contribution in [0.15, 0.2) is 48.8 Å². The van der Waals surface area contributed by atoms with Gasteiger partial charge >= 0.3 is 0 Å². The number of imidazole rings is 1. The topological polar surface area (TPSA) is 120 Å². The van der Waals surface area contributed by atoms with Gasteiger partial charge in [-0.15, -0.1) is 0 Å². The van der Waals surface area contributed by atoms with Gasteiger partial charge in [-0.1, -0.05) is 30.3 Å². The third-order valence-corrected chi connectivity index (χ3v) is 6.10. The van der Waals surface area contributed by atoms with Gasteiger partial charge in [-0.05, 0) is 37.0 Å². The fourth-order valence-electron chi connectivity index (χ4n) is 4.40. The number of amides is 3. The quantitative estimate of drug-likeness (QED) is 0.531. The Hall–Kier alpha value is -3.72. The van der Waals surface area contributed by atoms with Gasteiger partial charge in [0.15, 0.2) is 0 Å². The van der Waals surface area contributed by atoms with Crippen molar-refractivity contribution in [2.24, 2.45) is 11.7 Å². The molecule has 0 bridgehead atoms. The number of ether oxygens (including phenoxy) is 1. The van der Waals surface area contributed by atoms with Crippen molar-refractivity contribution in [2.75, 3.05) is 32.1 Å². The number of nitrogens with one attached hydrogen (secondary N) is 1. The molecule has 1 aliphatic rings. The molecule has 0 aliphatic carbocycles. The molecule has 0 saturated carbocycles. The largest absolute Gasteiger partial charge is 0.375 e. The smallest absolute Gasteiger partial charge is 0.256 e. The molecule has 34 heavy (non-hydrogen) atoms. The molecule has 3 amide bonds. The highest BCUT2D eigenvalue weighted by Crippen LogP contribution is 2.27. The third-order valence-electron chi connectivity index (χ3n) is 6.10. The number of aromatic nitrogens is 2. The molecule has 2 heterocycles. The summed E-state index contributed by atoms with van der Waals surface area (Å²) in [6.07, 6.45) is 3.88. The maximum absolute atomic E-state index is 13.7. The Balaban J connectivity index is 1.69. The van der Waals surface area contributed by atoms with Gasteiger partial charge < -0.3 is 25.3 Å². The summed E-state index contributed by atoms with van der Waals surface area (Å²) in [6, 6.07) is 13.5. The van der Waals surface area contributed by atoms with Gasteiger partial charge in [0.1, 0.15) is 6.61 Å². The summed E-state index contributed by atoms with van der Waals surface area (Å²) in [5, 5.41) is 2.77. The van der Waals surface area contributed by atoms with E-state index in [-0.39, 0.29) is 30.9 Å². The fourth-order valence-corrected chi connectivity index (χ4v) is 4.40. The SMILES string of the molecule is COCC(=O)Nc1cc(C(=O)N2CCC[C@@H](C(N)=O)C2)c2c(c1)ncn2CCc1ccccc1. The highest BCUT2D eigenvalue weighted by Gasteiger charge is 2.29. The average Bonchev–Trinajstić information content (AvgIpc) is 3.25. The van der Waals surface area contributed by atoms with E-state index in [0.29, 0.717) is 48.2 Å². The van der Waals surface area contributed by atoms with Crippen LogP contribution in [0.25, 0.3) is 11.0 Å². The maximum Gasteiger partial charge on any atom is 0.256 e. The lowest BCUT2D eigenvalue weighted by Crippen LogP contribution is -2.44. The standard InChI is InChI=1S/C25H29N5O4/c1-34-15-22(31)28-19-12-20(25(33)29-10-5-8-18(14-29)24(26)32)23-21(13-19)27-16-30(23)11-9-17-6-3-2-4-7-17/h2-4,6-7,12-13,16,18H,5,8-11,14-15H2,1H3,(H2,26,32)(H,28,31)/t18-/m1/s1. The van der Waals surface area contributed by atoms with Gasteiger partial charge in [0, 0.05) is 32.4 Å². The Labute approximate surface area is 197 Å². The zero-order valence-electron chi connectivity index (χ0n) is 19.2. The molecule has 178 valence electrons. The van der Waals surface area contributed by atoms with E-state index in [1.165, 1.54) is 12.7 Å². The molecule has 4 rings (SSSR count). The molecule has 9 heteroatoms. The number of piperidine rings is 1. The van der Waals surface area contributed by atoms with Gasteiger partial charge in [0.05, 0.1) is 28.8 Å². The van der Waals surface area contributed by atoms with Crippen molar-refractivity contribution in [1.82, 2.24) is 14.5 Å². The number of carbonyl (C=O) groups is 3. The number of benzene rings is 2. The molecule has 1 fully saturated rings. The van der Waals surface area contributed by atoms with Crippen LogP contribution in [0.4, 0.5) is 5.69 Å². The molecule has 0 radical (unpaired) electrons. The first kappa shape index (κ1) is 23.4. The number of nitrogens with two attached hydrogens (primary N) is 1. The number of rotatable bonds is 8. The number of hydrogen-bond acceptors (Lipinski definition) is 5. The van der Waals surface area contributed by atoms with Crippen molar-refractivity contribution in [3.05, 3.63) is 59.9 Å². The summed E-state index contributed by atoms with van der Waals surface area (Å²) in [6.45, 7) is 1.37. The predicted octanol–water partition coefficient (Wildman–Crippen LogP) is 2.20. The van der Waals surface area contributed by atoms with Gasteiger partial charge in [-0.3, -0.25) is 14.4 Å². The van der Waals surface area contributed by atoms with Crippen LogP contribution in [-0.2, 0) is 27.3 Å². The second kappa shape index (κ2) is 10.5. The molecule has 0 spiro atoms. The normalized spacial score (nSPS) is 15.9. The van der Waals surface area contributed by atoms with E-state index in [0.717, 1.165) is 6.42 Å². The van der Waals surface area contributed by atoms with Crippen LogP contribution in [0.5, 0.6) is 0 Å². The number of primary amides is 1. The zero-order valence-corrected chi connectivity index (χ0v) is 19.2. The Kier molecular flexibility index (Phi) is 7.22. The molecule has 2 aromatic carbocycles.